The molecule has 0 fully saturated rings. The van der Waals surface area contributed by atoms with E-state index in [4.69, 9.17) is 16.3 Å². The van der Waals surface area contributed by atoms with E-state index in [1.54, 1.807) is 36.5 Å². The quantitative estimate of drug-likeness (QED) is 0.255. The van der Waals surface area contributed by atoms with E-state index in [1.165, 1.54) is 0 Å². The number of benzene rings is 2. The van der Waals surface area contributed by atoms with Gasteiger partial charge in [0, 0.05) is 28.9 Å². The number of anilines is 1. The van der Waals surface area contributed by atoms with E-state index in [1.807, 2.05) is 12.1 Å². The minimum Gasteiger partial charge on any atom is -0.457 e. The van der Waals surface area contributed by atoms with Crippen molar-refractivity contribution in [2.45, 2.75) is 0 Å². The van der Waals surface area contributed by atoms with E-state index in [9.17, 15) is 4.79 Å². The van der Waals surface area contributed by atoms with Gasteiger partial charge in [0.2, 0.25) is 0 Å². The molecule has 0 unspecified atom stereocenters. The number of hydrogen-bond acceptors (Lipinski definition) is 4. The van der Waals surface area contributed by atoms with Crippen LogP contribution in [0.25, 0.3) is 10.9 Å². The van der Waals surface area contributed by atoms with Crippen LogP contribution in [0.2, 0.25) is 0 Å². The molecule has 0 radical (unpaired) electrons. The summed E-state index contributed by atoms with van der Waals surface area (Å²) in [5.41, 5.74) is 9.71. The number of nitrogens with two attached hydrogens (primary N) is 2. The highest BCUT2D eigenvalue weighted by atomic mass is 16.5. The molecule has 0 aliphatic rings. The van der Waals surface area contributed by atoms with Gasteiger partial charge in [-0.25, -0.2) is 5.84 Å². The first-order valence-corrected chi connectivity index (χ1v) is 6.33. The number of amides is 1. The zero-order chi connectivity index (χ0) is 14.8. The standard InChI is InChI=1S/C15H14N4O2/c16-9-1-3-10(4-2-9)21-11-5-6-12-13(15(20)19-17)8-18-14(12)7-11/h1-8,18H,16-17H2,(H,19,20). The maximum atomic E-state index is 11.6. The number of fused-ring (bicyclic) bond motifs is 1. The first-order chi connectivity index (χ1) is 10.2. The van der Waals surface area contributed by atoms with Crippen molar-refractivity contribution < 1.29 is 9.53 Å². The number of nitrogens with one attached hydrogen (secondary N) is 2. The van der Waals surface area contributed by atoms with Gasteiger partial charge >= 0.3 is 0 Å². The minimum atomic E-state index is -0.339. The molecule has 0 saturated heterocycles. The van der Waals surface area contributed by atoms with Gasteiger partial charge in [-0.05, 0) is 36.4 Å². The molecule has 3 aromatic rings. The van der Waals surface area contributed by atoms with E-state index < -0.39 is 0 Å². The summed E-state index contributed by atoms with van der Waals surface area (Å²) in [6, 6.07) is 12.5. The lowest BCUT2D eigenvalue weighted by atomic mass is 10.1. The average Bonchev–Trinajstić information content (AvgIpc) is 2.92. The Labute approximate surface area is 120 Å². The van der Waals surface area contributed by atoms with Crippen LogP contribution in [0.4, 0.5) is 5.69 Å². The molecular weight excluding hydrogens is 268 g/mol. The van der Waals surface area contributed by atoms with Gasteiger partial charge in [0.1, 0.15) is 11.5 Å². The third kappa shape index (κ3) is 2.52. The summed E-state index contributed by atoms with van der Waals surface area (Å²) >= 11 is 0. The lowest BCUT2D eigenvalue weighted by Gasteiger charge is -2.06. The van der Waals surface area contributed by atoms with Crippen LogP contribution in [0, 0.1) is 0 Å². The molecule has 0 aliphatic heterocycles. The number of aromatic amines is 1. The maximum absolute atomic E-state index is 11.6. The number of carbonyl (C=O) groups is 1. The topological polar surface area (TPSA) is 106 Å². The molecule has 6 nitrogen and oxygen atoms in total. The molecule has 106 valence electrons. The molecule has 6 N–H and O–H groups in total. The second-order valence-electron chi connectivity index (χ2n) is 4.55. The highest BCUT2D eigenvalue weighted by Crippen LogP contribution is 2.27. The molecule has 21 heavy (non-hydrogen) atoms. The number of aromatic nitrogens is 1. The summed E-state index contributed by atoms with van der Waals surface area (Å²) in [5, 5.41) is 0.780. The first kappa shape index (κ1) is 13.0. The van der Waals surface area contributed by atoms with Gasteiger partial charge in [-0.2, -0.15) is 0 Å². The van der Waals surface area contributed by atoms with Crippen molar-refractivity contribution in [2.24, 2.45) is 5.84 Å². The molecule has 0 atom stereocenters. The Morgan fingerprint density at radius 2 is 1.81 bits per heavy atom. The third-order valence-corrected chi connectivity index (χ3v) is 3.14. The molecule has 2 aromatic carbocycles. The molecule has 3 rings (SSSR count). The van der Waals surface area contributed by atoms with Crippen LogP contribution in [-0.4, -0.2) is 10.9 Å². The third-order valence-electron chi connectivity index (χ3n) is 3.14. The predicted octanol–water partition coefficient (Wildman–Crippen LogP) is 2.15. The summed E-state index contributed by atoms with van der Waals surface area (Å²) in [6.07, 6.45) is 1.61. The largest absolute Gasteiger partial charge is 0.457 e. The number of H-pyrrole nitrogens is 1. The molecule has 0 saturated carbocycles. The normalized spacial score (nSPS) is 10.5. The second kappa shape index (κ2) is 5.18. The summed E-state index contributed by atoms with van der Waals surface area (Å²) in [4.78, 5) is 14.6. The van der Waals surface area contributed by atoms with Crippen LogP contribution in [-0.2, 0) is 0 Å². The van der Waals surface area contributed by atoms with Crippen LogP contribution in [0.15, 0.2) is 48.7 Å². The Kier molecular flexibility index (Phi) is 3.21. The van der Waals surface area contributed by atoms with Crippen molar-refractivity contribution in [3.63, 3.8) is 0 Å². The Morgan fingerprint density at radius 1 is 1.10 bits per heavy atom. The van der Waals surface area contributed by atoms with Gasteiger partial charge in [-0.3, -0.25) is 10.2 Å². The van der Waals surface area contributed by atoms with Crippen molar-refractivity contribution >= 4 is 22.5 Å². The Hall–Kier alpha value is -2.99. The summed E-state index contributed by atoms with van der Waals surface area (Å²) in [5.74, 6) is 6.16. The molecule has 1 amide bonds. The van der Waals surface area contributed by atoms with E-state index >= 15 is 0 Å². The molecule has 6 heteroatoms. The van der Waals surface area contributed by atoms with E-state index in [0.717, 1.165) is 10.9 Å². The van der Waals surface area contributed by atoms with E-state index in [0.29, 0.717) is 22.7 Å². The molecule has 0 aliphatic carbocycles. The van der Waals surface area contributed by atoms with Gasteiger partial charge < -0.3 is 15.5 Å². The number of rotatable bonds is 3. The zero-order valence-electron chi connectivity index (χ0n) is 11.1. The minimum absolute atomic E-state index is 0.339. The maximum Gasteiger partial charge on any atom is 0.267 e. The molecule has 0 bridgehead atoms. The number of hydrogen-bond donors (Lipinski definition) is 4. The Morgan fingerprint density at radius 3 is 2.52 bits per heavy atom. The molecule has 0 spiro atoms. The number of carbonyl (C=O) groups excluding carboxylic acids is 1. The van der Waals surface area contributed by atoms with E-state index in [2.05, 4.69) is 10.4 Å². The van der Waals surface area contributed by atoms with Crippen LogP contribution in [0.5, 0.6) is 11.5 Å². The van der Waals surface area contributed by atoms with Gasteiger partial charge in [0.15, 0.2) is 0 Å². The van der Waals surface area contributed by atoms with Crippen molar-refractivity contribution in [2.75, 3.05) is 5.73 Å². The summed E-state index contributed by atoms with van der Waals surface area (Å²) in [7, 11) is 0. The van der Waals surface area contributed by atoms with Crippen LogP contribution >= 0.6 is 0 Å². The van der Waals surface area contributed by atoms with Crippen molar-refractivity contribution in [3.8, 4) is 11.5 Å². The fourth-order valence-corrected chi connectivity index (χ4v) is 2.11. The summed E-state index contributed by atoms with van der Waals surface area (Å²) in [6.45, 7) is 0. The lowest BCUT2D eigenvalue weighted by molar-refractivity contribution is 0.0955. The second-order valence-corrected chi connectivity index (χ2v) is 4.55. The molecule has 1 heterocycles. The summed E-state index contributed by atoms with van der Waals surface area (Å²) < 4.78 is 5.74. The lowest BCUT2D eigenvalue weighted by Crippen LogP contribution is -2.29. The number of nitrogen functional groups attached to an aromatic ring is 2. The smallest absolute Gasteiger partial charge is 0.267 e. The van der Waals surface area contributed by atoms with Crippen molar-refractivity contribution in [1.82, 2.24) is 10.4 Å². The van der Waals surface area contributed by atoms with Gasteiger partial charge in [0.05, 0.1) is 5.56 Å². The van der Waals surface area contributed by atoms with Crippen LogP contribution in [0.1, 0.15) is 10.4 Å². The van der Waals surface area contributed by atoms with Crippen molar-refractivity contribution in [3.05, 3.63) is 54.2 Å². The fraction of sp³-hybridized carbons (Fsp3) is 0. The number of ether oxygens (including phenoxy) is 1. The highest BCUT2D eigenvalue weighted by Gasteiger charge is 2.11. The molecule has 1 aromatic heterocycles. The van der Waals surface area contributed by atoms with Gasteiger partial charge in [0.25, 0.3) is 5.91 Å². The number of hydrazine groups is 1. The SMILES string of the molecule is NNC(=O)c1c[nH]c2cc(Oc3ccc(N)cc3)ccc12. The Balaban J connectivity index is 1.91. The Bertz CT molecular complexity index is 793. The first-order valence-electron chi connectivity index (χ1n) is 6.33. The van der Waals surface area contributed by atoms with Gasteiger partial charge in [-0.15, -0.1) is 0 Å². The van der Waals surface area contributed by atoms with E-state index in [-0.39, 0.29) is 5.91 Å². The average molecular weight is 282 g/mol. The fourth-order valence-electron chi connectivity index (χ4n) is 2.11. The predicted molar refractivity (Wildman–Crippen MR) is 80.9 cm³/mol. The van der Waals surface area contributed by atoms with Crippen molar-refractivity contribution in [1.29, 1.82) is 0 Å². The highest BCUT2D eigenvalue weighted by molar-refractivity contribution is 6.06. The monoisotopic (exact) mass is 282 g/mol. The molecular formula is C15H14N4O2. The van der Waals surface area contributed by atoms with Gasteiger partial charge in [-0.1, -0.05) is 0 Å². The van der Waals surface area contributed by atoms with Crippen LogP contribution in [0.3, 0.4) is 0 Å². The van der Waals surface area contributed by atoms with Crippen LogP contribution < -0.4 is 21.7 Å². The zero-order valence-corrected chi connectivity index (χ0v) is 11.1.